The molecule has 1 aromatic heterocycles. The van der Waals surface area contributed by atoms with Gasteiger partial charge in [0.25, 0.3) is 0 Å². The molecule has 14 nitrogen and oxygen atoms in total. The molecule has 0 fully saturated rings. The van der Waals surface area contributed by atoms with Crippen LogP contribution in [0.5, 0.6) is 0 Å². The maximum Gasteiger partial charge on any atom is 0.246 e. The van der Waals surface area contributed by atoms with Gasteiger partial charge in [0.05, 0.1) is 6.04 Å². The second kappa shape index (κ2) is 22.1. The number of fused-ring (bicyclic) bond motifs is 1. The van der Waals surface area contributed by atoms with Gasteiger partial charge in [-0.3, -0.25) is 28.8 Å². The van der Waals surface area contributed by atoms with Crippen molar-refractivity contribution in [3.63, 3.8) is 0 Å². The van der Waals surface area contributed by atoms with Crippen molar-refractivity contribution in [1.82, 2.24) is 41.0 Å². The van der Waals surface area contributed by atoms with Crippen molar-refractivity contribution in [2.75, 3.05) is 34.7 Å². The lowest BCUT2D eigenvalue weighted by atomic mass is 9.94. The highest BCUT2D eigenvalue weighted by atomic mass is 16.2. The fraction of sp³-hybridized carbons (Fsp3) is 0.682. The third-order valence-electron chi connectivity index (χ3n) is 11.1. The Balaban J connectivity index is 2.29. The van der Waals surface area contributed by atoms with Gasteiger partial charge in [0.1, 0.15) is 30.2 Å². The van der Waals surface area contributed by atoms with Crippen LogP contribution in [0.1, 0.15) is 88.6 Å². The second-order valence-electron chi connectivity index (χ2n) is 17.8. The van der Waals surface area contributed by atoms with Crippen LogP contribution in [0.25, 0.3) is 10.9 Å². The number of hydrogen-bond acceptors (Lipinski definition) is 7. The van der Waals surface area contributed by atoms with Gasteiger partial charge in [-0.1, -0.05) is 101 Å². The summed E-state index contributed by atoms with van der Waals surface area (Å²) in [6.07, 6.45) is 2.54. The molecule has 0 spiro atoms. The minimum Gasteiger partial charge on any atom is -0.361 e. The molecule has 14 heteroatoms. The van der Waals surface area contributed by atoms with Crippen molar-refractivity contribution in [3.8, 4) is 0 Å². The first-order valence-electron chi connectivity index (χ1n) is 20.9. The number of aromatic nitrogens is 1. The predicted molar refractivity (Wildman–Crippen MR) is 230 cm³/mol. The summed E-state index contributed by atoms with van der Waals surface area (Å²) in [6.45, 7) is 22.6. The third-order valence-corrected chi connectivity index (χ3v) is 11.1. The lowest BCUT2D eigenvalue weighted by Gasteiger charge is -2.41. The molecule has 1 heterocycles. The minimum atomic E-state index is -0.979. The van der Waals surface area contributed by atoms with Gasteiger partial charge in [0, 0.05) is 44.8 Å². The normalized spacial score (nSPS) is 15.0. The van der Waals surface area contributed by atoms with E-state index in [2.05, 4.69) is 26.3 Å². The van der Waals surface area contributed by atoms with E-state index >= 15 is 0 Å². The van der Waals surface area contributed by atoms with Crippen LogP contribution in [0, 0.1) is 35.5 Å². The largest absolute Gasteiger partial charge is 0.361 e. The fourth-order valence-electron chi connectivity index (χ4n) is 7.84. The Morgan fingerprint density at radius 3 is 1.47 bits per heavy atom. The van der Waals surface area contributed by atoms with Crippen LogP contribution in [0.15, 0.2) is 30.5 Å². The number of carbonyl (C=O) groups excluding carboxylic acids is 6. The fourth-order valence-corrected chi connectivity index (χ4v) is 7.84. The molecule has 2 rings (SSSR count). The van der Waals surface area contributed by atoms with E-state index in [0.29, 0.717) is 13.0 Å². The van der Waals surface area contributed by atoms with Crippen molar-refractivity contribution < 1.29 is 28.8 Å². The minimum absolute atomic E-state index is 0.0162. The van der Waals surface area contributed by atoms with Gasteiger partial charge in [-0.25, -0.2) is 0 Å². The summed E-state index contributed by atoms with van der Waals surface area (Å²) in [5, 5.41) is 12.9. The van der Waals surface area contributed by atoms with Crippen LogP contribution in [-0.4, -0.2) is 126 Å². The first-order chi connectivity index (χ1) is 27.0. The lowest BCUT2D eigenvalue weighted by molar-refractivity contribution is -0.155. The van der Waals surface area contributed by atoms with Crippen molar-refractivity contribution >= 4 is 46.3 Å². The quantitative estimate of drug-likeness (QED) is 0.128. The molecule has 0 aliphatic carbocycles. The van der Waals surface area contributed by atoms with E-state index < -0.39 is 59.9 Å². The molecular formula is C44H74N8O6. The lowest BCUT2D eigenvalue weighted by Crippen LogP contribution is -2.63. The molecule has 326 valence electrons. The van der Waals surface area contributed by atoms with Crippen LogP contribution < -0.4 is 21.3 Å². The molecule has 0 radical (unpaired) electrons. The van der Waals surface area contributed by atoms with Crippen molar-refractivity contribution in [1.29, 1.82) is 0 Å². The molecule has 58 heavy (non-hydrogen) atoms. The van der Waals surface area contributed by atoms with Gasteiger partial charge in [0.2, 0.25) is 35.4 Å². The van der Waals surface area contributed by atoms with Gasteiger partial charge in [-0.15, -0.1) is 0 Å². The van der Waals surface area contributed by atoms with Crippen LogP contribution in [0.2, 0.25) is 0 Å². The summed E-state index contributed by atoms with van der Waals surface area (Å²) in [6, 6.07) is 2.84. The van der Waals surface area contributed by atoms with E-state index in [-0.39, 0.29) is 47.3 Å². The van der Waals surface area contributed by atoms with E-state index in [4.69, 9.17) is 0 Å². The summed E-state index contributed by atoms with van der Waals surface area (Å²) in [5.41, 5.74) is 2.10. The van der Waals surface area contributed by atoms with E-state index in [0.717, 1.165) is 16.5 Å². The van der Waals surface area contributed by atoms with Gasteiger partial charge < -0.3 is 41.0 Å². The summed E-state index contributed by atoms with van der Waals surface area (Å²) >= 11 is 0. The molecule has 0 bridgehead atoms. The molecule has 0 aliphatic rings. The summed E-state index contributed by atoms with van der Waals surface area (Å²) in [7, 11) is 6.35. The maximum atomic E-state index is 14.5. The Kier molecular flexibility index (Phi) is 18.9. The number of nitrogens with one attached hydrogen (secondary N) is 5. The summed E-state index contributed by atoms with van der Waals surface area (Å²) < 4.78 is 0. The SMILES string of the molecule is CN[C@H](C(=O)N[C@H](C(=O)N(C)[C@H](C(=O)N(C)[C@H](C(=O)N(C)[C@H](C(=O)N[C@H](C(=O)NCCc1c[nH]c2ccccc12)C(C)C)C(C)C)C(C)C)C(C)C)C(C)C)C(C)C. The Labute approximate surface area is 347 Å². The van der Waals surface area contributed by atoms with Gasteiger partial charge in [-0.2, -0.15) is 0 Å². The standard InChI is InChI=1S/C44H74N8O6/c1-24(2)33(45-13)40(54)49-35(26(5)6)42(56)51(15)37(28(9)10)44(58)52(16)38(29(11)12)43(57)50(14)36(27(7)8)41(55)48-34(25(3)4)39(53)46-22-21-30-23-47-32-20-18-17-19-31(30)32/h17-20,23-29,33-38,45,47H,21-22H2,1-16H3,(H,46,53)(H,48,55)(H,49,54)/t33-,34-,35-,36-,37-,38-/m0/s1. The Morgan fingerprint density at radius 1 is 0.552 bits per heavy atom. The maximum absolute atomic E-state index is 14.5. The van der Waals surface area contributed by atoms with Crippen LogP contribution >= 0.6 is 0 Å². The number of hydrogen-bond donors (Lipinski definition) is 5. The van der Waals surface area contributed by atoms with Crippen LogP contribution in [0.4, 0.5) is 0 Å². The number of rotatable bonds is 21. The number of H-pyrrole nitrogens is 1. The predicted octanol–water partition coefficient (Wildman–Crippen LogP) is 3.80. The van der Waals surface area contributed by atoms with Gasteiger partial charge in [-0.05, 0) is 60.6 Å². The first-order valence-corrected chi connectivity index (χ1v) is 20.9. The van der Waals surface area contributed by atoms with E-state index in [1.165, 1.54) is 14.7 Å². The van der Waals surface area contributed by atoms with Crippen molar-refractivity contribution in [2.45, 2.75) is 126 Å². The first kappa shape index (κ1) is 49.7. The molecule has 0 saturated heterocycles. The summed E-state index contributed by atoms with van der Waals surface area (Å²) in [5.74, 6) is -3.96. The molecule has 0 aliphatic heterocycles. The Morgan fingerprint density at radius 2 is 1.00 bits per heavy atom. The van der Waals surface area contributed by atoms with Crippen molar-refractivity contribution in [2.24, 2.45) is 35.5 Å². The van der Waals surface area contributed by atoms with E-state index in [1.807, 2.05) is 114 Å². The number of nitrogens with zero attached hydrogens (tertiary/aromatic N) is 3. The topological polar surface area (TPSA) is 176 Å². The second-order valence-corrected chi connectivity index (χ2v) is 17.8. The number of aromatic amines is 1. The van der Waals surface area contributed by atoms with E-state index in [1.54, 1.807) is 28.2 Å². The highest BCUT2D eigenvalue weighted by Gasteiger charge is 2.43. The zero-order valence-corrected chi connectivity index (χ0v) is 38.0. The summed E-state index contributed by atoms with van der Waals surface area (Å²) in [4.78, 5) is 91.1. The molecular weight excluding hydrogens is 737 g/mol. The zero-order chi connectivity index (χ0) is 44.3. The molecule has 1 aromatic carbocycles. The molecule has 0 unspecified atom stereocenters. The average Bonchev–Trinajstić information content (AvgIpc) is 3.54. The number of para-hydroxylation sites is 1. The molecule has 6 atom stereocenters. The number of amides is 6. The third kappa shape index (κ3) is 12.3. The molecule has 2 aromatic rings. The zero-order valence-electron chi connectivity index (χ0n) is 38.0. The van der Waals surface area contributed by atoms with E-state index in [9.17, 15) is 28.8 Å². The van der Waals surface area contributed by atoms with Gasteiger partial charge >= 0.3 is 0 Å². The molecule has 6 amide bonds. The van der Waals surface area contributed by atoms with Crippen LogP contribution in [0.3, 0.4) is 0 Å². The monoisotopic (exact) mass is 811 g/mol. The molecule has 5 N–H and O–H groups in total. The highest BCUT2D eigenvalue weighted by molar-refractivity contribution is 5.97. The van der Waals surface area contributed by atoms with Crippen molar-refractivity contribution in [3.05, 3.63) is 36.0 Å². The number of carbonyl (C=O) groups is 6. The van der Waals surface area contributed by atoms with Crippen LogP contribution in [-0.2, 0) is 35.2 Å². The smallest absolute Gasteiger partial charge is 0.246 e. The average molecular weight is 811 g/mol. The molecule has 0 saturated carbocycles. The Bertz CT molecular complexity index is 1700. The van der Waals surface area contributed by atoms with Gasteiger partial charge in [0.15, 0.2) is 0 Å². The highest BCUT2D eigenvalue weighted by Crippen LogP contribution is 2.23. The Hall–Kier alpha value is -4.46. The number of likely N-dealkylation sites (N-methyl/N-ethyl adjacent to an activating group) is 4. The number of benzene rings is 1.